The Morgan fingerprint density at radius 2 is 1.54 bits per heavy atom. The molecule has 0 unspecified atom stereocenters. The van der Waals surface area contributed by atoms with Crippen LogP contribution < -0.4 is 4.74 Å². The number of aliphatic hydroxyl groups is 2. The number of rotatable bonds is 6. The van der Waals surface area contributed by atoms with Crippen LogP contribution in [0.1, 0.15) is 18.4 Å². The summed E-state index contributed by atoms with van der Waals surface area (Å²) in [5, 5.41) is 21.0. The van der Waals surface area contributed by atoms with Gasteiger partial charge in [0.2, 0.25) is 0 Å². The predicted molar refractivity (Wildman–Crippen MR) is 94.0 cm³/mol. The molecule has 0 amide bonds. The van der Waals surface area contributed by atoms with Gasteiger partial charge in [-0.2, -0.15) is 0 Å². The Morgan fingerprint density at radius 3 is 2.17 bits per heavy atom. The summed E-state index contributed by atoms with van der Waals surface area (Å²) in [6, 6.07) is 19.4. The third-order valence-electron chi connectivity index (χ3n) is 4.65. The zero-order valence-electron chi connectivity index (χ0n) is 13.8. The molecular weight excluding hydrogens is 302 g/mol. The number of hydrogen-bond donors (Lipinski definition) is 2. The van der Waals surface area contributed by atoms with Crippen molar-refractivity contribution in [1.29, 1.82) is 0 Å². The number of piperidine rings is 1. The highest BCUT2D eigenvalue weighted by Crippen LogP contribution is 2.32. The summed E-state index contributed by atoms with van der Waals surface area (Å²) in [4.78, 5) is 2.19. The van der Waals surface area contributed by atoms with Crippen molar-refractivity contribution < 1.29 is 14.9 Å². The number of likely N-dealkylation sites (tertiary alicyclic amines) is 1. The van der Waals surface area contributed by atoms with Gasteiger partial charge in [-0.1, -0.05) is 48.5 Å². The molecule has 2 aromatic rings. The van der Waals surface area contributed by atoms with Crippen LogP contribution in [-0.2, 0) is 5.60 Å². The van der Waals surface area contributed by atoms with Crippen molar-refractivity contribution in [3.63, 3.8) is 0 Å². The van der Waals surface area contributed by atoms with Gasteiger partial charge in [0, 0.05) is 19.6 Å². The van der Waals surface area contributed by atoms with E-state index in [2.05, 4.69) is 4.90 Å². The minimum absolute atomic E-state index is 0.281. The van der Waals surface area contributed by atoms with Crippen LogP contribution in [0.5, 0.6) is 5.75 Å². The maximum absolute atomic E-state index is 10.8. The fourth-order valence-corrected chi connectivity index (χ4v) is 3.20. The number of β-amino-alcohol motifs (C(OH)–C–C–N with tert-alkyl or cyclic N) is 1. The van der Waals surface area contributed by atoms with Crippen molar-refractivity contribution in [2.75, 3.05) is 26.2 Å². The molecule has 2 aromatic carbocycles. The summed E-state index contributed by atoms with van der Waals surface area (Å²) < 4.78 is 5.59. The lowest BCUT2D eigenvalue weighted by molar-refractivity contribution is -0.0372. The van der Waals surface area contributed by atoms with E-state index in [1.54, 1.807) is 0 Å². The van der Waals surface area contributed by atoms with E-state index in [1.807, 2.05) is 60.7 Å². The molecule has 128 valence electrons. The number of aliphatic hydroxyl groups excluding tert-OH is 1. The first-order valence-corrected chi connectivity index (χ1v) is 8.52. The van der Waals surface area contributed by atoms with Crippen LogP contribution in [0.2, 0.25) is 0 Å². The summed E-state index contributed by atoms with van der Waals surface area (Å²) in [7, 11) is 0. The lowest BCUT2D eigenvalue weighted by Gasteiger charge is -2.39. The van der Waals surface area contributed by atoms with E-state index in [0.717, 1.165) is 24.4 Å². The third kappa shape index (κ3) is 4.35. The second kappa shape index (κ2) is 7.79. The maximum Gasteiger partial charge on any atom is 0.119 e. The Bertz CT molecular complexity index is 609. The predicted octanol–water partition coefficient (Wildman–Crippen LogP) is 2.41. The van der Waals surface area contributed by atoms with Crippen molar-refractivity contribution in [1.82, 2.24) is 4.90 Å². The Labute approximate surface area is 143 Å². The molecule has 0 radical (unpaired) electrons. The molecule has 4 nitrogen and oxygen atoms in total. The van der Waals surface area contributed by atoms with Crippen LogP contribution in [0.25, 0.3) is 0 Å². The van der Waals surface area contributed by atoms with E-state index in [4.69, 9.17) is 4.74 Å². The molecule has 0 spiro atoms. The average molecular weight is 327 g/mol. The van der Waals surface area contributed by atoms with Crippen LogP contribution >= 0.6 is 0 Å². The zero-order valence-corrected chi connectivity index (χ0v) is 13.8. The molecular formula is C20H25NO3. The number of para-hydroxylation sites is 1. The number of nitrogens with zero attached hydrogens (tertiary/aromatic N) is 1. The first kappa shape index (κ1) is 17.0. The highest BCUT2D eigenvalue weighted by molar-refractivity contribution is 5.23. The van der Waals surface area contributed by atoms with E-state index in [0.29, 0.717) is 19.4 Å². The second-order valence-electron chi connectivity index (χ2n) is 6.48. The van der Waals surface area contributed by atoms with Gasteiger partial charge in [-0.05, 0) is 30.5 Å². The van der Waals surface area contributed by atoms with Crippen LogP contribution in [0.4, 0.5) is 0 Å². The van der Waals surface area contributed by atoms with E-state index in [-0.39, 0.29) is 6.61 Å². The zero-order chi connectivity index (χ0) is 16.8. The molecule has 1 aliphatic rings. The normalized spacial score (nSPS) is 18.9. The lowest BCUT2D eigenvalue weighted by atomic mass is 9.84. The summed E-state index contributed by atoms with van der Waals surface area (Å²) in [6.07, 6.45) is 0.833. The molecule has 3 rings (SSSR count). The Hall–Kier alpha value is -1.88. The lowest BCUT2D eigenvalue weighted by Crippen LogP contribution is -2.46. The fourth-order valence-electron chi connectivity index (χ4n) is 3.20. The van der Waals surface area contributed by atoms with Gasteiger partial charge in [0.15, 0.2) is 0 Å². The van der Waals surface area contributed by atoms with Crippen molar-refractivity contribution >= 4 is 0 Å². The maximum atomic E-state index is 10.8. The Balaban J connectivity index is 1.45. The van der Waals surface area contributed by atoms with Crippen LogP contribution in [0.3, 0.4) is 0 Å². The molecule has 1 heterocycles. The molecule has 0 saturated carbocycles. The quantitative estimate of drug-likeness (QED) is 0.855. The first-order valence-electron chi connectivity index (χ1n) is 8.52. The molecule has 0 aliphatic carbocycles. The number of hydrogen-bond acceptors (Lipinski definition) is 4. The van der Waals surface area contributed by atoms with Crippen LogP contribution in [0.15, 0.2) is 60.7 Å². The molecule has 1 saturated heterocycles. The largest absolute Gasteiger partial charge is 0.491 e. The van der Waals surface area contributed by atoms with Gasteiger partial charge in [-0.3, -0.25) is 0 Å². The molecule has 0 bridgehead atoms. The van der Waals surface area contributed by atoms with E-state index < -0.39 is 11.7 Å². The van der Waals surface area contributed by atoms with Gasteiger partial charge in [-0.15, -0.1) is 0 Å². The van der Waals surface area contributed by atoms with E-state index in [9.17, 15) is 10.2 Å². The van der Waals surface area contributed by atoms with Crippen LogP contribution in [0, 0.1) is 0 Å². The molecule has 1 fully saturated rings. The fraction of sp³-hybridized carbons (Fsp3) is 0.400. The Morgan fingerprint density at radius 1 is 0.958 bits per heavy atom. The minimum Gasteiger partial charge on any atom is -0.491 e. The molecule has 0 aromatic heterocycles. The summed E-state index contributed by atoms with van der Waals surface area (Å²) in [5.74, 6) is 0.772. The molecule has 1 atom stereocenters. The first-order chi connectivity index (χ1) is 11.7. The van der Waals surface area contributed by atoms with Crippen molar-refractivity contribution in [3.8, 4) is 5.75 Å². The monoisotopic (exact) mass is 327 g/mol. The Kier molecular flexibility index (Phi) is 5.51. The highest BCUT2D eigenvalue weighted by atomic mass is 16.5. The summed E-state index contributed by atoms with van der Waals surface area (Å²) in [6.45, 7) is 2.39. The molecule has 2 N–H and O–H groups in total. The van der Waals surface area contributed by atoms with Crippen molar-refractivity contribution in [2.24, 2.45) is 0 Å². The smallest absolute Gasteiger partial charge is 0.119 e. The van der Waals surface area contributed by atoms with Gasteiger partial charge in [0.05, 0.1) is 5.60 Å². The van der Waals surface area contributed by atoms with Gasteiger partial charge < -0.3 is 19.8 Å². The SMILES string of the molecule is O[C@@H](COc1ccccc1)CN1CCC(O)(c2ccccc2)CC1. The molecule has 24 heavy (non-hydrogen) atoms. The van der Waals surface area contributed by atoms with Crippen molar-refractivity contribution in [2.45, 2.75) is 24.5 Å². The summed E-state index contributed by atoms with van der Waals surface area (Å²) >= 11 is 0. The highest BCUT2D eigenvalue weighted by Gasteiger charge is 2.34. The topological polar surface area (TPSA) is 52.9 Å². The van der Waals surface area contributed by atoms with Gasteiger partial charge >= 0.3 is 0 Å². The number of benzene rings is 2. The third-order valence-corrected chi connectivity index (χ3v) is 4.65. The molecule has 4 heteroatoms. The van der Waals surface area contributed by atoms with E-state index >= 15 is 0 Å². The molecule has 1 aliphatic heterocycles. The van der Waals surface area contributed by atoms with Gasteiger partial charge in [0.25, 0.3) is 0 Å². The standard InChI is InChI=1S/C20H25NO3/c22-18(16-24-19-9-5-2-6-10-19)15-21-13-11-20(23,12-14-21)17-7-3-1-4-8-17/h1-10,18,22-23H,11-16H2/t18-/m1/s1. The summed E-state index contributed by atoms with van der Waals surface area (Å²) in [5.41, 5.74) is 0.237. The van der Waals surface area contributed by atoms with Gasteiger partial charge in [0.1, 0.15) is 18.5 Å². The van der Waals surface area contributed by atoms with Gasteiger partial charge in [-0.25, -0.2) is 0 Å². The van der Waals surface area contributed by atoms with Crippen molar-refractivity contribution in [3.05, 3.63) is 66.2 Å². The van der Waals surface area contributed by atoms with Crippen LogP contribution in [-0.4, -0.2) is 47.5 Å². The number of ether oxygens (including phenoxy) is 1. The minimum atomic E-state index is -0.747. The van der Waals surface area contributed by atoms with E-state index in [1.165, 1.54) is 0 Å². The average Bonchev–Trinajstić information content (AvgIpc) is 2.64. The second-order valence-corrected chi connectivity index (χ2v) is 6.48.